The van der Waals surface area contributed by atoms with Crippen LogP contribution in [0.4, 0.5) is 0 Å². The summed E-state index contributed by atoms with van der Waals surface area (Å²) in [6.07, 6.45) is 1.57. The number of rotatable bonds is 5. The second kappa shape index (κ2) is 7.82. The molecule has 0 atom stereocenters. The minimum absolute atomic E-state index is 0.198. The van der Waals surface area contributed by atoms with E-state index in [0.717, 1.165) is 48.0 Å². The lowest BCUT2D eigenvalue weighted by atomic mass is 10.3. The Hall–Kier alpha value is -1.48. The number of nitrogens with zero attached hydrogens (tertiary/aromatic N) is 4. The fraction of sp³-hybridized carbons (Fsp3) is 0.353. The van der Waals surface area contributed by atoms with E-state index in [-0.39, 0.29) is 5.91 Å². The number of carbonyl (C=O) groups is 1. The maximum absolute atomic E-state index is 12.5. The predicted octanol–water partition coefficient (Wildman–Crippen LogP) is 3.19. The number of carbonyl (C=O) groups excluding carboxylic acids is 1. The molecule has 0 aliphatic carbocycles. The fourth-order valence-corrected chi connectivity index (χ4v) is 5.46. The third kappa shape index (κ3) is 4.03. The van der Waals surface area contributed by atoms with Crippen molar-refractivity contribution in [3.8, 4) is 0 Å². The molecule has 130 valence electrons. The van der Waals surface area contributed by atoms with Crippen molar-refractivity contribution in [1.29, 1.82) is 0 Å². The van der Waals surface area contributed by atoms with E-state index in [1.165, 1.54) is 16.6 Å². The minimum atomic E-state index is 0.198. The van der Waals surface area contributed by atoms with E-state index in [2.05, 4.69) is 32.4 Å². The van der Waals surface area contributed by atoms with Crippen molar-refractivity contribution in [3.05, 3.63) is 40.2 Å². The standard InChI is InChI=1S/C17H18N4OS3/c22-15(11-25-17-16-14(3-9-24-16)18-12-19-17)21-6-4-20(5-7-21)10-13-2-1-8-23-13/h1-3,8-9,12H,4-7,10-11H2. The van der Waals surface area contributed by atoms with Crippen molar-refractivity contribution in [2.75, 3.05) is 31.9 Å². The number of hydrogen-bond acceptors (Lipinski definition) is 7. The average molecular weight is 391 g/mol. The Morgan fingerprint density at radius 1 is 1.12 bits per heavy atom. The van der Waals surface area contributed by atoms with Crippen LogP contribution in [0.3, 0.4) is 0 Å². The van der Waals surface area contributed by atoms with Crippen molar-refractivity contribution in [2.45, 2.75) is 11.6 Å². The quantitative estimate of drug-likeness (QED) is 0.495. The summed E-state index contributed by atoms with van der Waals surface area (Å²) in [6, 6.07) is 6.25. The Balaban J connectivity index is 1.28. The molecule has 25 heavy (non-hydrogen) atoms. The smallest absolute Gasteiger partial charge is 0.233 e. The molecule has 0 N–H and O–H groups in total. The van der Waals surface area contributed by atoms with Gasteiger partial charge in [0.2, 0.25) is 5.91 Å². The van der Waals surface area contributed by atoms with Gasteiger partial charge in [0.25, 0.3) is 0 Å². The van der Waals surface area contributed by atoms with Gasteiger partial charge in [0.15, 0.2) is 0 Å². The number of thioether (sulfide) groups is 1. The lowest BCUT2D eigenvalue weighted by Crippen LogP contribution is -2.48. The van der Waals surface area contributed by atoms with Crippen LogP contribution < -0.4 is 0 Å². The Bertz CT molecular complexity index is 841. The SMILES string of the molecule is O=C(CSc1ncnc2ccsc12)N1CCN(Cc2cccs2)CC1. The van der Waals surface area contributed by atoms with Crippen LogP contribution in [0.15, 0.2) is 40.3 Å². The molecule has 5 nitrogen and oxygen atoms in total. The first-order valence-electron chi connectivity index (χ1n) is 8.13. The maximum Gasteiger partial charge on any atom is 0.233 e. The van der Waals surface area contributed by atoms with E-state index in [0.29, 0.717) is 5.75 Å². The molecule has 1 saturated heterocycles. The Morgan fingerprint density at radius 3 is 2.80 bits per heavy atom. The monoisotopic (exact) mass is 390 g/mol. The highest BCUT2D eigenvalue weighted by Gasteiger charge is 2.21. The summed E-state index contributed by atoms with van der Waals surface area (Å²) in [5.74, 6) is 0.638. The molecule has 1 aliphatic heterocycles. The lowest BCUT2D eigenvalue weighted by Gasteiger charge is -2.34. The summed E-state index contributed by atoms with van der Waals surface area (Å²) >= 11 is 4.94. The zero-order chi connectivity index (χ0) is 17.1. The van der Waals surface area contributed by atoms with Gasteiger partial charge in [0.05, 0.1) is 16.0 Å². The van der Waals surface area contributed by atoms with Gasteiger partial charge in [0, 0.05) is 37.6 Å². The summed E-state index contributed by atoms with van der Waals surface area (Å²) in [6.45, 7) is 4.49. The van der Waals surface area contributed by atoms with Crippen LogP contribution in [0.1, 0.15) is 4.88 Å². The molecule has 0 bridgehead atoms. The highest BCUT2D eigenvalue weighted by Crippen LogP contribution is 2.28. The molecular formula is C17H18N4OS3. The van der Waals surface area contributed by atoms with Crippen molar-refractivity contribution in [3.63, 3.8) is 0 Å². The summed E-state index contributed by atoms with van der Waals surface area (Å²) in [5, 5.41) is 5.03. The van der Waals surface area contributed by atoms with Crippen LogP contribution in [-0.4, -0.2) is 57.6 Å². The van der Waals surface area contributed by atoms with E-state index in [1.807, 2.05) is 16.3 Å². The molecule has 1 aliphatic rings. The maximum atomic E-state index is 12.5. The van der Waals surface area contributed by atoms with Gasteiger partial charge >= 0.3 is 0 Å². The lowest BCUT2D eigenvalue weighted by molar-refractivity contribution is -0.130. The van der Waals surface area contributed by atoms with Gasteiger partial charge in [-0.25, -0.2) is 9.97 Å². The minimum Gasteiger partial charge on any atom is -0.339 e. The van der Waals surface area contributed by atoms with Crippen LogP contribution in [0.25, 0.3) is 10.2 Å². The molecule has 3 aromatic heterocycles. The molecule has 8 heteroatoms. The molecular weight excluding hydrogens is 372 g/mol. The van der Waals surface area contributed by atoms with Gasteiger partial charge in [-0.2, -0.15) is 0 Å². The summed E-state index contributed by atoms with van der Waals surface area (Å²) < 4.78 is 1.07. The van der Waals surface area contributed by atoms with Gasteiger partial charge in [-0.3, -0.25) is 9.69 Å². The van der Waals surface area contributed by atoms with Crippen LogP contribution in [-0.2, 0) is 11.3 Å². The van der Waals surface area contributed by atoms with Gasteiger partial charge in [-0.05, 0) is 22.9 Å². The highest BCUT2D eigenvalue weighted by atomic mass is 32.2. The Morgan fingerprint density at radius 2 is 2.00 bits per heavy atom. The number of piperazine rings is 1. The molecule has 0 unspecified atom stereocenters. The molecule has 4 heterocycles. The third-order valence-electron chi connectivity index (χ3n) is 4.23. The van der Waals surface area contributed by atoms with E-state index in [9.17, 15) is 4.79 Å². The first-order valence-corrected chi connectivity index (χ1v) is 10.9. The molecule has 0 radical (unpaired) electrons. The first-order chi connectivity index (χ1) is 12.3. The van der Waals surface area contributed by atoms with Crippen molar-refractivity contribution in [1.82, 2.24) is 19.8 Å². The van der Waals surface area contributed by atoms with Gasteiger partial charge < -0.3 is 4.90 Å². The van der Waals surface area contributed by atoms with Crippen LogP contribution in [0, 0.1) is 0 Å². The molecule has 1 amide bonds. The topological polar surface area (TPSA) is 49.3 Å². The second-order valence-electron chi connectivity index (χ2n) is 5.84. The highest BCUT2D eigenvalue weighted by molar-refractivity contribution is 8.00. The number of thiophene rings is 2. The van der Waals surface area contributed by atoms with Crippen molar-refractivity contribution in [2.24, 2.45) is 0 Å². The molecule has 0 spiro atoms. The Kier molecular flexibility index (Phi) is 5.30. The summed E-state index contributed by atoms with van der Waals surface area (Å²) in [7, 11) is 0. The summed E-state index contributed by atoms with van der Waals surface area (Å²) in [4.78, 5) is 26.9. The zero-order valence-electron chi connectivity index (χ0n) is 13.6. The first kappa shape index (κ1) is 17.0. The summed E-state index contributed by atoms with van der Waals surface area (Å²) in [5.41, 5.74) is 0.956. The van der Waals surface area contributed by atoms with Crippen molar-refractivity contribution < 1.29 is 4.79 Å². The van der Waals surface area contributed by atoms with Gasteiger partial charge in [-0.1, -0.05) is 17.8 Å². The number of fused-ring (bicyclic) bond motifs is 1. The fourth-order valence-electron chi connectivity index (χ4n) is 2.87. The molecule has 1 fully saturated rings. The van der Waals surface area contributed by atoms with E-state index in [4.69, 9.17) is 0 Å². The van der Waals surface area contributed by atoms with Gasteiger partial charge in [-0.15, -0.1) is 22.7 Å². The number of hydrogen-bond donors (Lipinski definition) is 0. The number of amides is 1. The third-order valence-corrected chi connectivity index (χ3v) is 7.10. The average Bonchev–Trinajstić information content (AvgIpc) is 3.32. The van der Waals surface area contributed by atoms with E-state index >= 15 is 0 Å². The molecule has 0 saturated carbocycles. The molecule has 0 aromatic carbocycles. The Labute approximate surface area is 158 Å². The number of aromatic nitrogens is 2. The van der Waals surface area contributed by atoms with E-state index < -0.39 is 0 Å². The molecule has 4 rings (SSSR count). The van der Waals surface area contributed by atoms with Crippen molar-refractivity contribution >= 4 is 50.6 Å². The normalized spacial score (nSPS) is 15.8. The predicted molar refractivity (Wildman–Crippen MR) is 104 cm³/mol. The van der Waals surface area contributed by atoms with Crippen LogP contribution in [0.5, 0.6) is 0 Å². The van der Waals surface area contributed by atoms with Gasteiger partial charge in [0.1, 0.15) is 11.4 Å². The van der Waals surface area contributed by atoms with E-state index in [1.54, 1.807) is 29.0 Å². The zero-order valence-corrected chi connectivity index (χ0v) is 16.1. The second-order valence-corrected chi connectivity index (χ2v) is 8.75. The molecule has 3 aromatic rings. The van der Waals surface area contributed by atoms with Crippen LogP contribution in [0.2, 0.25) is 0 Å². The van der Waals surface area contributed by atoms with Crippen LogP contribution >= 0.6 is 34.4 Å². The largest absolute Gasteiger partial charge is 0.339 e.